The molecule has 1 aliphatic rings. The average Bonchev–Trinajstić information content (AvgIpc) is 2.76. The highest BCUT2D eigenvalue weighted by atomic mass is 79.9. The molecule has 2 aromatic rings. The highest BCUT2D eigenvalue weighted by Crippen LogP contribution is 2.42. The molecular formula is C15H9Br2Cl2NO. The van der Waals surface area contributed by atoms with E-state index in [1.165, 1.54) is 0 Å². The summed E-state index contributed by atoms with van der Waals surface area (Å²) < 4.78 is 0.905. The Hall–Kier alpha value is -0.550. The molecule has 2 aromatic carbocycles. The summed E-state index contributed by atoms with van der Waals surface area (Å²) in [5.41, 5.74) is 3.71. The van der Waals surface area contributed by atoms with Gasteiger partial charge in [-0.15, -0.1) is 0 Å². The predicted molar refractivity (Wildman–Crippen MR) is 93.7 cm³/mol. The lowest BCUT2D eigenvalue weighted by Gasteiger charge is -2.16. The van der Waals surface area contributed by atoms with Crippen LogP contribution in [-0.2, 0) is 11.2 Å². The number of carbonyl (C=O) groups is 1. The van der Waals surface area contributed by atoms with Crippen molar-refractivity contribution in [1.82, 2.24) is 0 Å². The van der Waals surface area contributed by atoms with Crippen molar-refractivity contribution < 1.29 is 4.79 Å². The first-order valence-electron chi connectivity index (χ1n) is 6.17. The molecule has 1 aliphatic heterocycles. The molecule has 1 amide bonds. The lowest BCUT2D eigenvalue weighted by molar-refractivity contribution is -0.115. The maximum Gasteiger partial charge on any atom is 0.228 e. The largest absolute Gasteiger partial charge is 0.325 e. The first kappa shape index (κ1) is 15.3. The number of benzene rings is 2. The summed E-state index contributed by atoms with van der Waals surface area (Å²) in [6.07, 6.45) is 0.390. The third-order valence-corrected chi connectivity index (χ3v) is 5.59. The molecule has 1 N–H and O–H groups in total. The minimum atomic E-state index is -0.0855. The van der Waals surface area contributed by atoms with Gasteiger partial charge in [0.25, 0.3) is 0 Å². The van der Waals surface area contributed by atoms with Crippen molar-refractivity contribution in [2.45, 2.75) is 11.2 Å². The second-order valence-electron chi connectivity index (χ2n) is 4.78. The Morgan fingerprint density at radius 1 is 1.14 bits per heavy atom. The lowest BCUT2D eigenvalue weighted by atomic mass is 10.0. The third-order valence-electron chi connectivity index (χ3n) is 3.36. The molecule has 3 rings (SSSR count). The van der Waals surface area contributed by atoms with E-state index in [-0.39, 0.29) is 10.7 Å². The minimum absolute atomic E-state index is 0.00277. The summed E-state index contributed by atoms with van der Waals surface area (Å²) >= 11 is 19.5. The normalized spacial score (nSPS) is 14.8. The van der Waals surface area contributed by atoms with Gasteiger partial charge in [-0.25, -0.2) is 0 Å². The van der Waals surface area contributed by atoms with Crippen molar-refractivity contribution in [1.29, 1.82) is 0 Å². The fourth-order valence-corrected chi connectivity index (χ4v) is 4.74. The Bertz CT molecular complexity index is 749. The van der Waals surface area contributed by atoms with E-state index in [1.54, 1.807) is 6.07 Å². The minimum Gasteiger partial charge on any atom is -0.325 e. The van der Waals surface area contributed by atoms with Crippen LogP contribution in [0.2, 0.25) is 10.0 Å². The molecule has 0 aliphatic carbocycles. The third kappa shape index (κ3) is 3.00. The Kier molecular flexibility index (Phi) is 4.33. The van der Waals surface area contributed by atoms with Crippen LogP contribution in [0.15, 0.2) is 34.8 Å². The van der Waals surface area contributed by atoms with Crippen LogP contribution in [0.1, 0.15) is 21.5 Å². The van der Waals surface area contributed by atoms with Crippen LogP contribution in [-0.4, -0.2) is 5.91 Å². The SMILES string of the molecule is O=C1Cc2cc(C(Br)c3ccc(Cl)cc3Br)c(Cl)cc2N1. The topological polar surface area (TPSA) is 29.1 Å². The molecule has 2 nitrogen and oxygen atoms in total. The van der Waals surface area contributed by atoms with Gasteiger partial charge >= 0.3 is 0 Å². The molecule has 0 aromatic heterocycles. The zero-order valence-corrected chi connectivity index (χ0v) is 15.3. The molecule has 1 unspecified atom stereocenters. The highest BCUT2D eigenvalue weighted by molar-refractivity contribution is 9.11. The van der Waals surface area contributed by atoms with Gasteiger partial charge in [-0.1, -0.05) is 67.2 Å². The molecule has 108 valence electrons. The summed E-state index contributed by atoms with van der Waals surface area (Å²) in [7, 11) is 0. The van der Waals surface area contributed by atoms with Crippen LogP contribution in [0.3, 0.4) is 0 Å². The second-order valence-corrected chi connectivity index (χ2v) is 7.40. The Labute approximate surface area is 149 Å². The second kappa shape index (κ2) is 5.92. The number of amides is 1. The molecule has 6 heteroatoms. The number of carbonyl (C=O) groups excluding carboxylic acids is 1. The van der Waals surface area contributed by atoms with Crippen LogP contribution in [0.25, 0.3) is 0 Å². The number of hydrogen-bond acceptors (Lipinski definition) is 1. The fraction of sp³-hybridized carbons (Fsp3) is 0.133. The lowest BCUT2D eigenvalue weighted by Crippen LogP contribution is -2.03. The van der Waals surface area contributed by atoms with Crippen LogP contribution in [0.4, 0.5) is 5.69 Å². The summed E-state index contributed by atoms with van der Waals surface area (Å²) in [6, 6.07) is 9.39. The molecule has 21 heavy (non-hydrogen) atoms. The number of hydrogen-bond donors (Lipinski definition) is 1. The molecule has 1 heterocycles. The van der Waals surface area contributed by atoms with E-state index < -0.39 is 0 Å². The first-order chi connectivity index (χ1) is 9.95. The number of rotatable bonds is 2. The quantitative estimate of drug-likeness (QED) is 0.582. The van der Waals surface area contributed by atoms with E-state index >= 15 is 0 Å². The summed E-state index contributed by atoms with van der Waals surface area (Å²) in [6.45, 7) is 0. The van der Waals surface area contributed by atoms with Gasteiger partial charge < -0.3 is 5.32 Å². The molecule has 1 atom stereocenters. The van der Waals surface area contributed by atoms with E-state index in [4.69, 9.17) is 23.2 Å². The van der Waals surface area contributed by atoms with E-state index in [2.05, 4.69) is 37.2 Å². The van der Waals surface area contributed by atoms with Gasteiger partial charge in [-0.2, -0.15) is 0 Å². The van der Waals surface area contributed by atoms with Crippen molar-refractivity contribution >= 4 is 66.7 Å². The molecule has 0 spiro atoms. The zero-order chi connectivity index (χ0) is 15.1. The molecule has 0 bridgehead atoms. The predicted octanol–water partition coefficient (Wildman–Crippen LogP) is 5.73. The van der Waals surface area contributed by atoms with Gasteiger partial charge in [0, 0.05) is 20.2 Å². The van der Waals surface area contributed by atoms with Crippen LogP contribution in [0, 0.1) is 0 Å². The zero-order valence-electron chi connectivity index (χ0n) is 10.6. The van der Waals surface area contributed by atoms with Crippen LogP contribution >= 0.6 is 55.1 Å². The van der Waals surface area contributed by atoms with Crippen molar-refractivity contribution in [3.63, 3.8) is 0 Å². The smallest absolute Gasteiger partial charge is 0.228 e. The maximum absolute atomic E-state index is 11.5. The van der Waals surface area contributed by atoms with E-state index in [9.17, 15) is 4.79 Å². The van der Waals surface area contributed by atoms with Crippen molar-refractivity contribution in [3.8, 4) is 0 Å². The highest BCUT2D eigenvalue weighted by Gasteiger charge is 2.23. The Balaban J connectivity index is 2.04. The Morgan fingerprint density at radius 2 is 1.90 bits per heavy atom. The standard InChI is InChI=1S/C15H9Br2Cl2NO/c16-11-5-8(18)1-2-9(11)15(17)10-3-7-4-14(21)20-13(7)6-12(10)19/h1-3,5-6,15H,4H2,(H,20,21). The van der Waals surface area contributed by atoms with Crippen molar-refractivity contribution in [2.24, 2.45) is 0 Å². The molecule has 0 saturated carbocycles. The molecule has 0 saturated heterocycles. The Morgan fingerprint density at radius 3 is 2.62 bits per heavy atom. The average molecular weight is 450 g/mol. The van der Waals surface area contributed by atoms with Gasteiger partial charge in [0.15, 0.2) is 0 Å². The maximum atomic E-state index is 11.5. The van der Waals surface area contributed by atoms with Gasteiger partial charge in [0.1, 0.15) is 0 Å². The fourth-order valence-electron chi connectivity index (χ4n) is 2.34. The van der Waals surface area contributed by atoms with Gasteiger partial charge in [0.05, 0.1) is 11.2 Å². The molecule has 0 fully saturated rings. The summed E-state index contributed by atoms with van der Waals surface area (Å²) in [4.78, 5) is 11.4. The van der Waals surface area contributed by atoms with Gasteiger partial charge in [-0.3, -0.25) is 4.79 Å². The monoisotopic (exact) mass is 447 g/mol. The van der Waals surface area contributed by atoms with Crippen molar-refractivity contribution in [3.05, 3.63) is 61.5 Å². The van der Waals surface area contributed by atoms with Crippen LogP contribution < -0.4 is 5.32 Å². The molecular weight excluding hydrogens is 441 g/mol. The number of nitrogens with one attached hydrogen (secondary N) is 1. The van der Waals surface area contributed by atoms with Crippen LogP contribution in [0.5, 0.6) is 0 Å². The van der Waals surface area contributed by atoms with Crippen molar-refractivity contribution in [2.75, 3.05) is 5.32 Å². The summed E-state index contributed by atoms with van der Waals surface area (Å²) in [5.74, 6) is -0.00277. The number of halogens is 4. The number of alkyl halides is 1. The summed E-state index contributed by atoms with van der Waals surface area (Å²) in [5, 5.41) is 4.08. The van der Waals surface area contributed by atoms with E-state index in [1.807, 2.05) is 24.3 Å². The number of fused-ring (bicyclic) bond motifs is 1. The number of anilines is 1. The van der Waals surface area contributed by atoms with Gasteiger partial charge in [0.2, 0.25) is 5.91 Å². The van der Waals surface area contributed by atoms with Gasteiger partial charge in [-0.05, 0) is 34.9 Å². The van der Waals surface area contributed by atoms with E-state index in [0.29, 0.717) is 16.5 Å². The molecule has 0 radical (unpaired) electrons. The van der Waals surface area contributed by atoms with E-state index in [0.717, 1.165) is 26.9 Å². The first-order valence-corrected chi connectivity index (χ1v) is 8.63.